The number of allylic oxidation sites excluding steroid dienone is 2. The van der Waals surface area contributed by atoms with E-state index >= 15 is 0 Å². The molecule has 0 amide bonds. The van der Waals surface area contributed by atoms with Gasteiger partial charge in [0.25, 0.3) is 0 Å². The first-order valence-corrected chi connectivity index (χ1v) is 7.47. The molecule has 0 aliphatic rings. The van der Waals surface area contributed by atoms with Gasteiger partial charge in [0, 0.05) is 25.2 Å². The zero-order valence-corrected chi connectivity index (χ0v) is 12.6. The Morgan fingerprint density at radius 1 is 1.05 bits per heavy atom. The van der Waals surface area contributed by atoms with Crippen LogP contribution in [0.25, 0.3) is 0 Å². The average Bonchev–Trinajstić information content (AvgIpc) is 2.48. The molecule has 0 bridgehead atoms. The molecule has 1 unspecified atom stereocenters. The van der Waals surface area contributed by atoms with Gasteiger partial charge in [0.2, 0.25) is 0 Å². The minimum Gasteiger partial charge on any atom is -0.299 e. The zero-order valence-electron chi connectivity index (χ0n) is 12.6. The summed E-state index contributed by atoms with van der Waals surface area (Å²) >= 11 is 0. The molecule has 1 aromatic carbocycles. The third-order valence-electron chi connectivity index (χ3n) is 3.51. The smallest absolute Gasteiger partial charge is 0.140 e. The monoisotopic (exact) mass is 284 g/mol. The molecule has 0 aromatic heterocycles. The predicted molar refractivity (Wildman–Crippen MR) is 87.1 cm³/mol. The van der Waals surface area contributed by atoms with Gasteiger partial charge in [-0.25, -0.2) is 0 Å². The number of benzene rings is 1. The van der Waals surface area contributed by atoms with Crippen LogP contribution in [0.5, 0.6) is 0 Å². The van der Waals surface area contributed by atoms with Crippen LogP contribution in [-0.2, 0) is 16.0 Å². The van der Waals surface area contributed by atoms with Crippen molar-refractivity contribution in [2.24, 2.45) is 5.92 Å². The van der Waals surface area contributed by atoms with Crippen LogP contribution in [0.2, 0.25) is 0 Å². The molecule has 0 fully saturated rings. The molecule has 112 valence electrons. The van der Waals surface area contributed by atoms with E-state index in [0.29, 0.717) is 19.3 Å². The fourth-order valence-corrected chi connectivity index (χ4v) is 2.39. The van der Waals surface area contributed by atoms with Crippen molar-refractivity contribution in [3.63, 3.8) is 0 Å². The van der Waals surface area contributed by atoms with E-state index < -0.39 is 0 Å². The fourth-order valence-electron chi connectivity index (χ4n) is 2.39. The average molecular weight is 284 g/mol. The van der Waals surface area contributed by atoms with E-state index in [1.54, 1.807) is 12.2 Å². The molecule has 0 aliphatic carbocycles. The van der Waals surface area contributed by atoms with Gasteiger partial charge in [-0.3, -0.25) is 9.59 Å². The van der Waals surface area contributed by atoms with Crippen molar-refractivity contribution in [1.29, 1.82) is 0 Å². The van der Waals surface area contributed by atoms with Crippen molar-refractivity contribution in [3.05, 3.63) is 61.2 Å². The molecule has 2 nitrogen and oxygen atoms in total. The maximum absolute atomic E-state index is 12.2. The lowest BCUT2D eigenvalue weighted by molar-refractivity contribution is -0.123. The van der Waals surface area contributed by atoms with Gasteiger partial charge in [-0.2, -0.15) is 0 Å². The Bertz CT molecular complexity index is 474. The second-order valence-corrected chi connectivity index (χ2v) is 5.27. The Kier molecular flexibility index (Phi) is 8.03. The molecule has 2 heteroatoms. The summed E-state index contributed by atoms with van der Waals surface area (Å²) in [6.07, 6.45) is 6.89. The lowest BCUT2D eigenvalue weighted by Gasteiger charge is -2.15. The summed E-state index contributed by atoms with van der Waals surface area (Å²) in [5.41, 5.74) is 1.16. The number of Topliss-reactive ketones (excluding diaryl/α,β-unsaturated/α-hetero) is 2. The van der Waals surface area contributed by atoms with Gasteiger partial charge in [0.15, 0.2) is 0 Å². The summed E-state index contributed by atoms with van der Waals surface area (Å²) in [6.45, 7) is 7.20. The first-order chi connectivity index (χ1) is 10.2. The summed E-state index contributed by atoms with van der Waals surface area (Å²) < 4.78 is 0. The highest BCUT2D eigenvalue weighted by atomic mass is 16.1. The number of ketones is 2. The van der Waals surface area contributed by atoms with Gasteiger partial charge < -0.3 is 0 Å². The molecule has 1 rings (SSSR count). The summed E-state index contributed by atoms with van der Waals surface area (Å²) in [6, 6.07) is 10.0. The number of hydrogen-bond donors (Lipinski definition) is 0. The van der Waals surface area contributed by atoms with Crippen LogP contribution >= 0.6 is 0 Å². The molecule has 0 N–H and O–H groups in total. The van der Waals surface area contributed by atoms with Gasteiger partial charge in [-0.15, -0.1) is 13.2 Å². The van der Waals surface area contributed by atoms with Crippen LogP contribution in [0, 0.1) is 5.92 Å². The van der Waals surface area contributed by atoms with Crippen molar-refractivity contribution in [2.75, 3.05) is 0 Å². The number of hydrogen-bond acceptors (Lipinski definition) is 2. The molecule has 0 heterocycles. The molecular formula is C19H24O2. The van der Waals surface area contributed by atoms with Crippen molar-refractivity contribution in [3.8, 4) is 0 Å². The van der Waals surface area contributed by atoms with Crippen molar-refractivity contribution < 1.29 is 9.59 Å². The van der Waals surface area contributed by atoms with Gasteiger partial charge in [-0.1, -0.05) is 42.5 Å². The van der Waals surface area contributed by atoms with E-state index in [1.165, 1.54) is 0 Å². The molecule has 0 radical (unpaired) electrons. The van der Waals surface area contributed by atoms with E-state index in [9.17, 15) is 9.59 Å². The highest BCUT2D eigenvalue weighted by Gasteiger charge is 2.17. The second-order valence-electron chi connectivity index (χ2n) is 5.27. The molecule has 0 aliphatic heterocycles. The number of rotatable bonds is 11. The highest BCUT2D eigenvalue weighted by Crippen LogP contribution is 2.18. The fraction of sp³-hybridized carbons (Fsp3) is 0.368. The van der Waals surface area contributed by atoms with E-state index in [0.717, 1.165) is 24.8 Å². The summed E-state index contributed by atoms with van der Waals surface area (Å²) in [4.78, 5) is 23.7. The van der Waals surface area contributed by atoms with Gasteiger partial charge >= 0.3 is 0 Å². The summed E-state index contributed by atoms with van der Waals surface area (Å²) in [5.74, 6) is 0.381. The molecule has 1 atom stereocenters. The summed E-state index contributed by atoms with van der Waals surface area (Å²) in [5, 5.41) is 0. The molecule has 0 saturated heterocycles. The first-order valence-electron chi connectivity index (χ1n) is 7.47. The van der Waals surface area contributed by atoms with E-state index in [-0.39, 0.29) is 17.5 Å². The van der Waals surface area contributed by atoms with Crippen molar-refractivity contribution in [2.45, 2.75) is 38.5 Å². The zero-order chi connectivity index (χ0) is 15.5. The van der Waals surface area contributed by atoms with Crippen LogP contribution in [0.15, 0.2) is 55.6 Å². The Balaban J connectivity index is 2.56. The Hall–Kier alpha value is -1.96. The van der Waals surface area contributed by atoms with Crippen LogP contribution in [-0.4, -0.2) is 11.6 Å². The van der Waals surface area contributed by atoms with E-state index in [2.05, 4.69) is 13.2 Å². The minimum atomic E-state index is -0.0260. The van der Waals surface area contributed by atoms with Gasteiger partial charge in [-0.05, 0) is 24.8 Å². The standard InChI is InChI=1S/C19H24O2/c1-3-9-18(20)14-8-13-17(19(21)10-4-2)15-16-11-6-5-7-12-16/h3-7,11-12,17H,1-2,8-10,13-15H2. The second kappa shape index (κ2) is 9.87. The molecule has 1 aromatic rings. The minimum absolute atomic E-state index is 0.0260. The topological polar surface area (TPSA) is 34.1 Å². The Labute approximate surface area is 127 Å². The SMILES string of the molecule is C=CCC(=O)CCCC(Cc1ccccc1)C(=O)CC=C. The van der Waals surface area contributed by atoms with Crippen LogP contribution in [0.1, 0.15) is 37.7 Å². The first kappa shape index (κ1) is 17.1. The third kappa shape index (κ3) is 6.84. The summed E-state index contributed by atoms with van der Waals surface area (Å²) in [7, 11) is 0. The van der Waals surface area contributed by atoms with Gasteiger partial charge in [0.05, 0.1) is 0 Å². The molecule has 0 saturated carbocycles. The van der Waals surface area contributed by atoms with Crippen molar-refractivity contribution >= 4 is 11.6 Å². The van der Waals surface area contributed by atoms with E-state index in [4.69, 9.17) is 0 Å². The molecule has 0 spiro atoms. The lowest BCUT2D eigenvalue weighted by atomic mass is 9.88. The third-order valence-corrected chi connectivity index (χ3v) is 3.51. The maximum Gasteiger partial charge on any atom is 0.140 e. The quantitative estimate of drug-likeness (QED) is 0.568. The van der Waals surface area contributed by atoms with Crippen LogP contribution < -0.4 is 0 Å². The predicted octanol–water partition coefficient (Wildman–Crippen LogP) is 4.31. The highest BCUT2D eigenvalue weighted by molar-refractivity contribution is 5.83. The Morgan fingerprint density at radius 3 is 2.33 bits per heavy atom. The van der Waals surface area contributed by atoms with E-state index in [1.807, 2.05) is 30.3 Å². The molecule has 21 heavy (non-hydrogen) atoms. The van der Waals surface area contributed by atoms with Crippen molar-refractivity contribution in [1.82, 2.24) is 0 Å². The number of carbonyl (C=O) groups excluding carboxylic acids is 2. The lowest BCUT2D eigenvalue weighted by Crippen LogP contribution is -2.17. The normalized spacial score (nSPS) is 11.6. The maximum atomic E-state index is 12.2. The number of carbonyl (C=O) groups is 2. The van der Waals surface area contributed by atoms with Gasteiger partial charge in [0.1, 0.15) is 11.6 Å². The van der Waals surface area contributed by atoms with Crippen LogP contribution in [0.4, 0.5) is 0 Å². The van der Waals surface area contributed by atoms with Crippen LogP contribution in [0.3, 0.4) is 0 Å². The largest absolute Gasteiger partial charge is 0.299 e. The Morgan fingerprint density at radius 2 is 1.71 bits per heavy atom. The molecular weight excluding hydrogens is 260 g/mol.